The molecule has 0 aliphatic carbocycles. The van der Waals surface area contributed by atoms with Gasteiger partial charge in [-0.05, 0) is 43.1 Å². The second-order valence-electron chi connectivity index (χ2n) is 5.12. The molecule has 96 valence electrons. The van der Waals surface area contributed by atoms with Crippen LogP contribution in [0.15, 0.2) is 18.2 Å². The summed E-state index contributed by atoms with van der Waals surface area (Å²) in [7, 11) is 0. The van der Waals surface area contributed by atoms with E-state index < -0.39 is 0 Å². The second kappa shape index (κ2) is 4.98. The van der Waals surface area contributed by atoms with E-state index in [0.717, 1.165) is 30.0 Å². The van der Waals surface area contributed by atoms with Crippen LogP contribution in [0, 0.1) is 0 Å². The Bertz CT molecular complexity index is 452. The van der Waals surface area contributed by atoms with Gasteiger partial charge in [0.25, 0.3) is 0 Å². The van der Waals surface area contributed by atoms with Crippen molar-refractivity contribution in [3.05, 3.63) is 23.8 Å². The molecule has 18 heavy (non-hydrogen) atoms. The van der Waals surface area contributed by atoms with Gasteiger partial charge >= 0.3 is 0 Å². The Morgan fingerprint density at radius 3 is 3.11 bits per heavy atom. The molecule has 0 saturated carbocycles. The zero-order chi connectivity index (χ0) is 12.4. The summed E-state index contributed by atoms with van der Waals surface area (Å²) in [4.78, 5) is 11.3. The van der Waals surface area contributed by atoms with E-state index in [1.165, 1.54) is 19.3 Å². The van der Waals surface area contributed by atoms with Crippen LogP contribution >= 0.6 is 0 Å². The lowest BCUT2D eigenvalue weighted by Crippen LogP contribution is -2.39. The van der Waals surface area contributed by atoms with Crippen molar-refractivity contribution in [2.75, 3.05) is 23.7 Å². The van der Waals surface area contributed by atoms with E-state index >= 15 is 0 Å². The number of benzene rings is 1. The van der Waals surface area contributed by atoms with Crippen LogP contribution in [0.25, 0.3) is 0 Å². The van der Waals surface area contributed by atoms with Crippen molar-refractivity contribution in [1.29, 1.82) is 0 Å². The van der Waals surface area contributed by atoms with Gasteiger partial charge < -0.3 is 16.0 Å². The second-order valence-corrected chi connectivity index (χ2v) is 5.12. The number of anilines is 2. The maximum Gasteiger partial charge on any atom is 0.228 e. The molecule has 1 amide bonds. The Balaban J connectivity index is 1.60. The molecule has 1 unspecified atom stereocenters. The van der Waals surface area contributed by atoms with Crippen LogP contribution in [0.1, 0.15) is 24.8 Å². The molecule has 1 aromatic carbocycles. The first-order valence-corrected chi connectivity index (χ1v) is 6.71. The number of hydrogen-bond donors (Lipinski definition) is 3. The van der Waals surface area contributed by atoms with Crippen LogP contribution in [0.4, 0.5) is 11.4 Å². The van der Waals surface area contributed by atoms with Crippen molar-refractivity contribution >= 4 is 17.3 Å². The smallest absolute Gasteiger partial charge is 0.228 e. The quantitative estimate of drug-likeness (QED) is 0.760. The zero-order valence-electron chi connectivity index (χ0n) is 10.5. The minimum absolute atomic E-state index is 0.0936. The van der Waals surface area contributed by atoms with Crippen LogP contribution in [0.5, 0.6) is 0 Å². The fourth-order valence-electron chi connectivity index (χ4n) is 2.68. The first-order chi connectivity index (χ1) is 8.81. The molecule has 4 nitrogen and oxygen atoms in total. The summed E-state index contributed by atoms with van der Waals surface area (Å²) < 4.78 is 0. The Kier molecular flexibility index (Phi) is 3.19. The molecule has 0 spiro atoms. The summed E-state index contributed by atoms with van der Waals surface area (Å²) in [5.74, 6) is 0.0936. The summed E-state index contributed by atoms with van der Waals surface area (Å²) >= 11 is 0. The maximum atomic E-state index is 11.3. The third-order valence-corrected chi connectivity index (χ3v) is 3.70. The molecule has 3 rings (SSSR count). The summed E-state index contributed by atoms with van der Waals surface area (Å²) in [6.07, 6.45) is 4.37. The lowest BCUT2D eigenvalue weighted by Gasteiger charge is -2.24. The number of carbonyl (C=O) groups excluding carboxylic acids is 1. The Morgan fingerprint density at radius 2 is 2.28 bits per heavy atom. The first kappa shape index (κ1) is 11.5. The standard InChI is InChI=1S/C14H19N3O/c18-14-8-10-7-11(4-5-13(10)17-14)16-9-12-3-1-2-6-15-12/h4-5,7,12,15-16H,1-3,6,8-9H2,(H,17,18). The van der Waals surface area contributed by atoms with Crippen LogP contribution in [0.2, 0.25) is 0 Å². The molecule has 2 aliphatic heterocycles. The number of rotatable bonds is 3. The minimum atomic E-state index is 0.0936. The van der Waals surface area contributed by atoms with Crippen molar-refractivity contribution in [2.24, 2.45) is 0 Å². The summed E-state index contributed by atoms with van der Waals surface area (Å²) in [5, 5.41) is 9.83. The highest BCUT2D eigenvalue weighted by Gasteiger charge is 2.18. The van der Waals surface area contributed by atoms with Crippen LogP contribution in [-0.4, -0.2) is 25.0 Å². The van der Waals surface area contributed by atoms with Crippen LogP contribution < -0.4 is 16.0 Å². The average molecular weight is 245 g/mol. The lowest BCUT2D eigenvalue weighted by molar-refractivity contribution is -0.115. The van der Waals surface area contributed by atoms with Gasteiger partial charge in [-0.1, -0.05) is 6.42 Å². The number of piperidine rings is 1. The van der Waals surface area contributed by atoms with Crippen LogP contribution in [0.3, 0.4) is 0 Å². The van der Waals surface area contributed by atoms with Crippen molar-refractivity contribution < 1.29 is 4.79 Å². The highest BCUT2D eigenvalue weighted by Crippen LogP contribution is 2.26. The van der Waals surface area contributed by atoms with Crippen molar-refractivity contribution in [2.45, 2.75) is 31.7 Å². The van der Waals surface area contributed by atoms with Gasteiger partial charge in [0.1, 0.15) is 0 Å². The molecule has 2 heterocycles. The fourth-order valence-corrected chi connectivity index (χ4v) is 2.68. The van der Waals surface area contributed by atoms with Gasteiger partial charge in [-0.3, -0.25) is 4.79 Å². The molecule has 3 N–H and O–H groups in total. The number of amides is 1. The molecule has 0 radical (unpaired) electrons. The number of carbonyl (C=O) groups is 1. The highest BCUT2D eigenvalue weighted by atomic mass is 16.1. The highest BCUT2D eigenvalue weighted by molar-refractivity contribution is 5.99. The van der Waals surface area contributed by atoms with Crippen molar-refractivity contribution in [1.82, 2.24) is 5.32 Å². The first-order valence-electron chi connectivity index (χ1n) is 6.71. The Morgan fingerprint density at radius 1 is 1.33 bits per heavy atom. The number of hydrogen-bond acceptors (Lipinski definition) is 3. The van der Waals surface area contributed by atoms with E-state index in [9.17, 15) is 4.79 Å². The summed E-state index contributed by atoms with van der Waals surface area (Å²) in [6.45, 7) is 2.09. The third-order valence-electron chi connectivity index (χ3n) is 3.70. The molecule has 0 aromatic heterocycles. The molecule has 2 aliphatic rings. The predicted molar refractivity (Wildman–Crippen MR) is 72.9 cm³/mol. The van der Waals surface area contributed by atoms with E-state index in [1.54, 1.807) is 0 Å². The number of fused-ring (bicyclic) bond motifs is 1. The topological polar surface area (TPSA) is 53.2 Å². The van der Waals surface area contributed by atoms with E-state index in [1.807, 2.05) is 12.1 Å². The fraction of sp³-hybridized carbons (Fsp3) is 0.500. The molecule has 1 saturated heterocycles. The van der Waals surface area contributed by atoms with E-state index in [4.69, 9.17) is 0 Å². The molecular weight excluding hydrogens is 226 g/mol. The maximum absolute atomic E-state index is 11.3. The summed E-state index contributed by atoms with van der Waals surface area (Å²) in [5.41, 5.74) is 3.17. The average Bonchev–Trinajstić information content (AvgIpc) is 2.77. The largest absolute Gasteiger partial charge is 0.383 e. The third kappa shape index (κ3) is 2.48. The number of nitrogens with one attached hydrogen (secondary N) is 3. The molecule has 4 heteroatoms. The molecule has 0 bridgehead atoms. The monoisotopic (exact) mass is 245 g/mol. The van der Waals surface area contributed by atoms with Crippen molar-refractivity contribution in [3.8, 4) is 0 Å². The van der Waals surface area contributed by atoms with Crippen LogP contribution in [-0.2, 0) is 11.2 Å². The molecular formula is C14H19N3O. The van der Waals surface area contributed by atoms with Gasteiger partial charge in [0, 0.05) is 24.0 Å². The van der Waals surface area contributed by atoms with Gasteiger partial charge in [0.05, 0.1) is 6.42 Å². The summed E-state index contributed by atoms with van der Waals surface area (Å²) in [6, 6.07) is 6.67. The van der Waals surface area contributed by atoms with E-state index in [-0.39, 0.29) is 5.91 Å². The Hall–Kier alpha value is -1.55. The van der Waals surface area contributed by atoms with E-state index in [0.29, 0.717) is 12.5 Å². The van der Waals surface area contributed by atoms with Gasteiger partial charge in [-0.15, -0.1) is 0 Å². The lowest BCUT2D eigenvalue weighted by atomic mass is 10.0. The van der Waals surface area contributed by atoms with Crippen molar-refractivity contribution in [3.63, 3.8) is 0 Å². The molecule has 1 fully saturated rings. The zero-order valence-corrected chi connectivity index (χ0v) is 10.5. The SMILES string of the molecule is O=C1Cc2cc(NCC3CCCCN3)ccc2N1. The predicted octanol–water partition coefficient (Wildman–Crippen LogP) is 1.74. The van der Waals surface area contributed by atoms with Gasteiger partial charge in [0.2, 0.25) is 5.91 Å². The molecule has 1 atom stereocenters. The van der Waals surface area contributed by atoms with Gasteiger partial charge in [-0.2, -0.15) is 0 Å². The van der Waals surface area contributed by atoms with Gasteiger partial charge in [0.15, 0.2) is 0 Å². The van der Waals surface area contributed by atoms with E-state index in [2.05, 4.69) is 22.0 Å². The van der Waals surface area contributed by atoms with Gasteiger partial charge in [-0.25, -0.2) is 0 Å². The minimum Gasteiger partial charge on any atom is -0.383 e. The Labute approximate surface area is 107 Å². The molecule has 1 aromatic rings. The normalized spacial score (nSPS) is 22.4.